The van der Waals surface area contributed by atoms with Crippen molar-refractivity contribution in [3.63, 3.8) is 0 Å². The molecule has 6 heteroatoms. The number of amides is 2. The Morgan fingerprint density at radius 2 is 2.06 bits per heavy atom. The second kappa shape index (κ2) is 5.54. The summed E-state index contributed by atoms with van der Waals surface area (Å²) < 4.78 is 5.13. The lowest BCUT2D eigenvalue weighted by molar-refractivity contribution is -0.139. The van der Waals surface area contributed by atoms with Crippen molar-refractivity contribution in [2.24, 2.45) is 11.1 Å². The Morgan fingerprint density at radius 1 is 1.44 bits per heavy atom. The van der Waals surface area contributed by atoms with Gasteiger partial charge < -0.3 is 15.4 Å². The maximum Gasteiger partial charge on any atom is 0.232 e. The van der Waals surface area contributed by atoms with Crippen LogP contribution in [0.3, 0.4) is 0 Å². The van der Waals surface area contributed by atoms with Gasteiger partial charge in [-0.2, -0.15) is 0 Å². The predicted molar refractivity (Wildman–Crippen MR) is 63.1 cm³/mol. The Hall–Kier alpha value is -0.750. The van der Waals surface area contributed by atoms with E-state index >= 15 is 0 Å². The number of thioether (sulfide) groups is 1. The van der Waals surface area contributed by atoms with Crippen LogP contribution < -0.4 is 5.73 Å². The zero-order chi connectivity index (χ0) is 12.2. The summed E-state index contributed by atoms with van der Waals surface area (Å²) in [5.74, 6) is 0.134. The summed E-state index contributed by atoms with van der Waals surface area (Å²) in [6.45, 7) is 4.21. The fourth-order valence-electron chi connectivity index (χ4n) is 1.55. The molecular weight excluding hydrogens is 228 g/mol. The average Bonchev–Trinajstić information content (AvgIpc) is 2.14. The molecular formula is C10H18N2O3S. The van der Waals surface area contributed by atoms with Gasteiger partial charge in [-0.25, -0.2) is 0 Å². The van der Waals surface area contributed by atoms with E-state index < -0.39 is 0 Å². The molecule has 0 bridgehead atoms. The van der Waals surface area contributed by atoms with E-state index in [0.717, 1.165) is 0 Å². The van der Waals surface area contributed by atoms with Crippen LogP contribution >= 0.6 is 11.8 Å². The second-order valence-corrected chi connectivity index (χ2v) is 5.50. The molecule has 1 rings (SSSR count). The maximum absolute atomic E-state index is 11.7. The minimum absolute atomic E-state index is 0.0272. The van der Waals surface area contributed by atoms with Gasteiger partial charge in [-0.3, -0.25) is 9.59 Å². The average molecular weight is 246 g/mol. The van der Waals surface area contributed by atoms with Crippen LogP contribution in [0, 0.1) is 5.41 Å². The summed E-state index contributed by atoms with van der Waals surface area (Å²) in [5, 5.41) is 0. The van der Waals surface area contributed by atoms with E-state index in [1.165, 1.54) is 11.8 Å². The zero-order valence-corrected chi connectivity index (χ0v) is 10.5. The molecule has 0 saturated carbocycles. The van der Waals surface area contributed by atoms with Crippen LogP contribution in [0.25, 0.3) is 0 Å². The van der Waals surface area contributed by atoms with E-state index in [-0.39, 0.29) is 23.0 Å². The molecule has 0 unspecified atom stereocenters. The van der Waals surface area contributed by atoms with Gasteiger partial charge in [0.1, 0.15) is 0 Å². The first-order valence-corrected chi connectivity index (χ1v) is 6.26. The Morgan fingerprint density at radius 3 is 2.50 bits per heavy atom. The molecule has 0 aromatic carbocycles. The van der Waals surface area contributed by atoms with E-state index in [2.05, 4.69) is 6.92 Å². The number of ether oxygens (including phenoxy) is 1. The van der Waals surface area contributed by atoms with Crippen LogP contribution in [0.2, 0.25) is 0 Å². The van der Waals surface area contributed by atoms with Crippen molar-refractivity contribution in [3.05, 3.63) is 0 Å². The van der Waals surface area contributed by atoms with Gasteiger partial charge in [0.25, 0.3) is 0 Å². The number of primary amides is 1. The normalized spacial score (nSPS) is 17.6. The van der Waals surface area contributed by atoms with Gasteiger partial charge in [-0.15, -0.1) is 11.8 Å². The van der Waals surface area contributed by atoms with E-state index in [9.17, 15) is 9.59 Å². The number of hydrogen-bond acceptors (Lipinski definition) is 4. The number of carbonyl (C=O) groups excluding carboxylic acids is 2. The first-order chi connectivity index (χ1) is 7.43. The minimum Gasteiger partial charge on any atom is -0.380 e. The molecule has 1 heterocycles. The van der Waals surface area contributed by atoms with Crippen molar-refractivity contribution in [1.29, 1.82) is 0 Å². The molecule has 0 aliphatic carbocycles. The Kier molecular flexibility index (Phi) is 4.61. The van der Waals surface area contributed by atoms with Crippen molar-refractivity contribution in [1.82, 2.24) is 4.90 Å². The molecule has 5 nitrogen and oxygen atoms in total. The number of hydrogen-bond donors (Lipinski definition) is 1. The van der Waals surface area contributed by atoms with E-state index in [1.807, 2.05) is 0 Å². The SMILES string of the molecule is CN(CC1(C)COC1)C(=O)CSCC(N)=O. The van der Waals surface area contributed by atoms with Crippen LogP contribution in [0.1, 0.15) is 6.92 Å². The third-order valence-electron chi connectivity index (χ3n) is 2.42. The third kappa shape index (κ3) is 4.02. The first kappa shape index (κ1) is 13.3. The molecule has 2 N–H and O–H groups in total. The number of nitrogens with two attached hydrogens (primary N) is 1. The Balaban J connectivity index is 2.22. The van der Waals surface area contributed by atoms with E-state index in [4.69, 9.17) is 10.5 Å². The van der Waals surface area contributed by atoms with Crippen LogP contribution in [-0.2, 0) is 14.3 Å². The van der Waals surface area contributed by atoms with Gasteiger partial charge in [0.05, 0.1) is 24.7 Å². The van der Waals surface area contributed by atoms with Crippen molar-refractivity contribution >= 4 is 23.6 Å². The van der Waals surface area contributed by atoms with Gasteiger partial charge in [0.15, 0.2) is 0 Å². The smallest absolute Gasteiger partial charge is 0.232 e. The Labute approximate surface area is 99.7 Å². The molecule has 1 aliphatic heterocycles. The number of nitrogens with zero attached hydrogens (tertiary/aromatic N) is 1. The zero-order valence-electron chi connectivity index (χ0n) is 9.69. The molecule has 0 radical (unpaired) electrons. The quantitative estimate of drug-likeness (QED) is 0.698. The predicted octanol–water partition coefficient (Wildman–Crippen LogP) is -0.300. The van der Waals surface area contributed by atoms with Gasteiger partial charge >= 0.3 is 0 Å². The van der Waals surface area contributed by atoms with Gasteiger partial charge in [0.2, 0.25) is 11.8 Å². The molecule has 92 valence electrons. The lowest BCUT2D eigenvalue weighted by atomic mass is 9.88. The standard InChI is InChI=1S/C10H18N2O3S/c1-10(6-15-7-10)5-12(2)9(14)4-16-3-8(11)13/h3-7H2,1-2H3,(H2,11,13). The van der Waals surface area contributed by atoms with Crippen molar-refractivity contribution in [2.45, 2.75) is 6.92 Å². The summed E-state index contributed by atoms with van der Waals surface area (Å²) in [6, 6.07) is 0. The summed E-state index contributed by atoms with van der Waals surface area (Å²) in [5.41, 5.74) is 5.08. The third-order valence-corrected chi connectivity index (χ3v) is 3.36. The van der Waals surface area contributed by atoms with E-state index in [1.54, 1.807) is 11.9 Å². The molecule has 1 aliphatic rings. The van der Waals surface area contributed by atoms with Crippen molar-refractivity contribution in [2.75, 3.05) is 38.3 Å². The lowest BCUT2D eigenvalue weighted by Crippen LogP contribution is -2.49. The highest BCUT2D eigenvalue weighted by Crippen LogP contribution is 2.27. The molecule has 0 spiro atoms. The molecule has 1 saturated heterocycles. The van der Waals surface area contributed by atoms with Crippen molar-refractivity contribution < 1.29 is 14.3 Å². The van der Waals surface area contributed by atoms with Crippen LogP contribution in [0.4, 0.5) is 0 Å². The minimum atomic E-state index is -0.389. The largest absolute Gasteiger partial charge is 0.380 e. The summed E-state index contributed by atoms with van der Waals surface area (Å²) in [7, 11) is 1.77. The van der Waals surface area contributed by atoms with Gasteiger partial charge in [0, 0.05) is 19.0 Å². The maximum atomic E-state index is 11.7. The van der Waals surface area contributed by atoms with Crippen LogP contribution in [0.5, 0.6) is 0 Å². The molecule has 1 fully saturated rings. The van der Waals surface area contributed by atoms with Gasteiger partial charge in [-0.1, -0.05) is 6.92 Å². The first-order valence-electron chi connectivity index (χ1n) is 5.11. The van der Waals surface area contributed by atoms with Gasteiger partial charge in [-0.05, 0) is 0 Å². The molecule has 2 amide bonds. The molecule has 0 aromatic heterocycles. The molecule has 0 atom stereocenters. The highest BCUT2D eigenvalue weighted by atomic mass is 32.2. The van der Waals surface area contributed by atoms with Crippen LogP contribution in [0.15, 0.2) is 0 Å². The highest BCUT2D eigenvalue weighted by Gasteiger charge is 2.35. The highest BCUT2D eigenvalue weighted by molar-refractivity contribution is 8.00. The monoisotopic (exact) mass is 246 g/mol. The topological polar surface area (TPSA) is 72.6 Å². The summed E-state index contributed by atoms with van der Waals surface area (Å²) >= 11 is 1.25. The lowest BCUT2D eigenvalue weighted by Gasteiger charge is -2.40. The fourth-order valence-corrected chi connectivity index (χ4v) is 2.25. The van der Waals surface area contributed by atoms with E-state index in [0.29, 0.717) is 25.5 Å². The Bertz CT molecular complexity index is 279. The summed E-state index contributed by atoms with van der Waals surface area (Å²) in [4.78, 5) is 23.8. The number of rotatable bonds is 6. The van der Waals surface area contributed by atoms with Crippen molar-refractivity contribution in [3.8, 4) is 0 Å². The van der Waals surface area contributed by atoms with Crippen LogP contribution in [-0.4, -0.2) is 55.0 Å². The molecule has 0 aromatic rings. The second-order valence-electron chi connectivity index (χ2n) is 4.51. The summed E-state index contributed by atoms with van der Waals surface area (Å²) in [6.07, 6.45) is 0. The number of carbonyl (C=O) groups is 2. The fraction of sp³-hybridized carbons (Fsp3) is 0.800. The molecule has 16 heavy (non-hydrogen) atoms.